The summed E-state index contributed by atoms with van der Waals surface area (Å²) < 4.78 is 2.06. The predicted octanol–water partition coefficient (Wildman–Crippen LogP) is 0.556. The van der Waals surface area contributed by atoms with Crippen LogP contribution in [-0.4, -0.2) is 41.6 Å². The lowest BCUT2D eigenvalue weighted by atomic mass is 10.1. The van der Waals surface area contributed by atoms with E-state index in [1.165, 1.54) is 0 Å². The van der Waals surface area contributed by atoms with E-state index in [9.17, 15) is 4.79 Å². The Morgan fingerprint density at radius 2 is 1.94 bits per heavy atom. The van der Waals surface area contributed by atoms with Gasteiger partial charge in [-0.25, -0.2) is 0 Å². The van der Waals surface area contributed by atoms with E-state index in [-0.39, 0.29) is 11.8 Å². The van der Waals surface area contributed by atoms with Crippen molar-refractivity contribution in [1.82, 2.24) is 14.8 Å². The topological polar surface area (TPSA) is 37.3 Å². The number of nitrogens with zero attached hydrogens (tertiary/aromatic N) is 2. The van der Waals surface area contributed by atoms with Gasteiger partial charge in [-0.1, -0.05) is 6.92 Å². The second-order valence-corrected chi connectivity index (χ2v) is 4.36. The van der Waals surface area contributed by atoms with Crippen molar-refractivity contribution >= 4 is 5.91 Å². The lowest BCUT2D eigenvalue weighted by Gasteiger charge is -2.29. The standard InChI is InChI=1S/C12H19N3O/c1-11(10-14-6-2-3-7-14)12(16)15-8-4-13-5-9-15/h2-3,6-7,11,13H,4-5,8-10H2,1H3. The molecule has 0 radical (unpaired) electrons. The molecular weight excluding hydrogens is 202 g/mol. The van der Waals surface area contributed by atoms with E-state index in [2.05, 4.69) is 9.88 Å². The third-order valence-electron chi connectivity index (χ3n) is 3.00. The number of aromatic nitrogens is 1. The summed E-state index contributed by atoms with van der Waals surface area (Å²) in [5.74, 6) is 0.334. The van der Waals surface area contributed by atoms with Crippen LogP contribution in [0.2, 0.25) is 0 Å². The fraction of sp³-hybridized carbons (Fsp3) is 0.583. The number of hydrogen-bond acceptors (Lipinski definition) is 2. The summed E-state index contributed by atoms with van der Waals surface area (Å²) in [5, 5.41) is 3.25. The molecule has 1 unspecified atom stereocenters. The van der Waals surface area contributed by atoms with Gasteiger partial charge in [-0.05, 0) is 12.1 Å². The lowest BCUT2D eigenvalue weighted by Crippen LogP contribution is -2.48. The smallest absolute Gasteiger partial charge is 0.227 e. The number of piperazine rings is 1. The van der Waals surface area contributed by atoms with Crippen LogP contribution in [0.25, 0.3) is 0 Å². The Labute approximate surface area is 96.2 Å². The second kappa shape index (κ2) is 5.16. The van der Waals surface area contributed by atoms with Crippen molar-refractivity contribution in [2.24, 2.45) is 5.92 Å². The maximum absolute atomic E-state index is 12.1. The molecule has 16 heavy (non-hydrogen) atoms. The van der Waals surface area contributed by atoms with E-state index < -0.39 is 0 Å². The van der Waals surface area contributed by atoms with E-state index in [0.717, 1.165) is 32.7 Å². The fourth-order valence-electron chi connectivity index (χ4n) is 2.08. The molecule has 1 aliphatic rings. The number of carbonyl (C=O) groups excluding carboxylic acids is 1. The van der Waals surface area contributed by atoms with Crippen LogP contribution in [0.15, 0.2) is 24.5 Å². The second-order valence-electron chi connectivity index (χ2n) is 4.36. The number of amides is 1. The summed E-state index contributed by atoms with van der Waals surface area (Å²) in [6.45, 7) is 6.30. The van der Waals surface area contributed by atoms with Crippen LogP contribution < -0.4 is 5.32 Å². The van der Waals surface area contributed by atoms with Crippen LogP contribution >= 0.6 is 0 Å². The SMILES string of the molecule is CC(Cn1cccc1)C(=O)N1CCNCC1. The van der Waals surface area contributed by atoms with Gasteiger partial charge in [0.15, 0.2) is 0 Å². The molecule has 2 rings (SSSR count). The summed E-state index contributed by atoms with van der Waals surface area (Å²) >= 11 is 0. The molecule has 1 aliphatic heterocycles. The lowest BCUT2D eigenvalue weighted by molar-refractivity contribution is -0.136. The number of nitrogens with one attached hydrogen (secondary N) is 1. The first-order chi connectivity index (χ1) is 7.77. The fourth-order valence-corrected chi connectivity index (χ4v) is 2.08. The zero-order chi connectivity index (χ0) is 11.4. The quantitative estimate of drug-likeness (QED) is 0.809. The Balaban J connectivity index is 1.88. The van der Waals surface area contributed by atoms with Gasteiger partial charge in [0, 0.05) is 45.1 Å². The number of hydrogen-bond donors (Lipinski definition) is 1. The van der Waals surface area contributed by atoms with E-state index >= 15 is 0 Å². The Bertz CT molecular complexity index is 328. The van der Waals surface area contributed by atoms with Gasteiger partial charge in [-0.2, -0.15) is 0 Å². The molecule has 0 spiro atoms. The van der Waals surface area contributed by atoms with Gasteiger partial charge < -0.3 is 14.8 Å². The average molecular weight is 221 g/mol. The summed E-state index contributed by atoms with van der Waals surface area (Å²) in [6.07, 6.45) is 4.00. The molecule has 4 nitrogen and oxygen atoms in total. The predicted molar refractivity (Wildman–Crippen MR) is 63.0 cm³/mol. The molecule has 1 N–H and O–H groups in total. The third-order valence-corrected chi connectivity index (χ3v) is 3.00. The molecule has 0 saturated carbocycles. The Hall–Kier alpha value is -1.29. The van der Waals surface area contributed by atoms with Crippen molar-refractivity contribution in [3.8, 4) is 0 Å². The van der Waals surface area contributed by atoms with Crippen LogP contribution in [0.1, 0.15) is 6.92 Å². The number of rotatable bonds is 3. The molecule has 1 saturated heterocycles. The van der Waals surface area contributed by atoms with Crippen molar-refractivity contribution in [2.45, 2.75) is 13.5 Å². The van der Waals surface area contributed by atoms with Crippen LogP contribution in [0.3, 0.4) is 0 Å². The molecule has 1 aromatic rings. The Kier molecular flexibility index (Phi) is 3.62. The highest BCUT2D eigenvalue weighted by atomic mass is 16.2. The largest absolute Gasteiger partial charge is 0.353 e. The molecule has 2 heterocycles. The van der Waals surface area contributed by atoms with Gasteiger partial charge in [0.25, 0.3) is 0 Å². The molecule has 4 heteroatoms. The molecule has 1 atom stereocenters. The first-order valence-corrected chi connectivity index (χ1v) is 5.87. The summed E-state index contributed by atoms with van der Waals surface area (Å²) in [6, 6.07) is 3.98. The van der Waals surface area contributed by atoms with Gasteiger partial charge in [-0.15, -0.1) is 0 Å². The highest BCUT2D eigenvalue weighted by Crippen LogP contribution is 2.07. The van der Waals surface area contributed by atoms with E-state index in [4.69, 9.17) is 0 Å². The molecule has 0 bridgehead atoms. The summed E-state index contributed by atoms with van der Waals surface area (Å²) in [4.78, 5) is 14.1. The van der Waals surface area contributed by atoms with Gasteiger partial charge in [0.05, 0.1) is 5.92 Å². The maximum Gasteiger partial charge on any atom is 0.227 e. The molecule has 1 aromatic heterocycles. The van der Waals surface area contributed by atoms with E-state index in [1.807, 2.05) is 36.4 Å². The van der Waals surface area contributed by atoms with Gasteiger partial charge in [-0.3, -0.25) is 4.79 Å². The molecule has 0 aromatic carbocycles. The number of carbonyl (C=O) groups is 1. The minimum absolute atomic E-state index is 0.0606. The van der Waals surface area contributed by atoms with Crippen LogP contribution in [0, 0.1) is 5.92 Å². The minimum atomic E-state index is 0.0606. The highest BCUT2D eigenvalue weighted by molar-refractivity contribution is 5.78. The molecule has 1 amide bonds. The minimum Gasteiger partial charge on any atom is -0.353 e. The summed E-state index contributed by atoms with van der Waals surface area (Å²) in [5.41, 5.74) is 0. The Morgan fingerprint density at radius 3 is 2.56 bits per heavy atom. The van der Waals surface area contributed by atoms with Crippen molar-refractivity contribution < 1.29 is 4.79 Å². The van der Waals surface area contributed by atoms with E-state index in [1.54, 1.807) is 0 Å². The van der Waals surface area contributed by atoms with E-state index in [0.29, 0.717) is 0 Å². The van der Waals surface area contributed by atoms with Crippen molar-refractivity contribution in [2.75, 3.05) is 26.2 Å². The molecule has 0 aliphatic carbocycles. The van der Waals surface area contributed by atoms with Crippen LogP contribution in [0.5, 0.6) is 0 Å². The molecular formula is C12H19N3O. The molecule has 1 fully saturated rings. The van der Waals surface area contributed by atoms with Crippen molar-refractivity contribution in [3.63, 3.8) is 0 Å². The van der Waals surface area contributed by atoms with Gasteiger partial charge >= 0.3 is 0 Å². The normalized spacial score (nSPS) is 18.4. The maximum atomic E-state index is 12.1. The Morgan fingerprint density at radius 1 is 1.31 bits per heavy atom. The average Bonchev–Trinajstić information content (AvgIpc) is 2.82. The zero-order valence-corrected chi connectivity index (χ0v) is 9.72. The van der Waals surface area contributed by atoms with Crippen molar-refractivity contribution in [1.29, 1.82) is 0 Å². The highest BCUT2D eigenvalue weighted by Gasteiger charge is 2.21. The first-order valence-electron chi connectivity index (χ1n) is 5.87. The zero-order valence-electron chi connectivity index (χ0n) is 9.72. The summed E-state index contributed by atoms with van der Waals surface area (Å²) in [7, 11) is 0. The van der Waals surface area contributed by atoms with Crippen molar-refractivity contribution in [3.05, 3.63) is 24.5 Å². The van der Waals surface area contributed by atoms with Crippen LogP contribution in [0.4, 0.5) is 0 Å². The molecule has 88 valence electrons. The van der Waals surface area contributed by atoms with Gasteiger partial charge in [0.1, 0.15) is 0 Å². The first kappa shape index (κ1) is 11.2. The monoisotopic (exact) mass is 221 g/mol. The van der Waals surface area contributed by atoms with Crippen LogP contribution in [-0.2, 0) is 11.3 Å². The third kappa shape index (κ3) is 2.64. The van der Waals surface area contributed by atoms with Gasteiger partial charge in [0.2, 0.25) is 5.91 Å².